The molecule has 0 unspecified atom stereocenters. The standard InChI is InChI=1S/C12H24O/c13-11-7-3-6-10-12-8-4-1-2-5-9-12/h12-13H,1-11H2. The van der Waals surface area contributed by atoms with Gasteiger partial charge in [-0.3, -0.25) is 0 Å². The molecule has 78 valence electrons. The summed E-state index contributed by atoms with van der Waals surface area (Å²) >= 11 is 0. The Morgan fingerprint density at radius 3 is 2.15 bits per heavy atom. The highest BCUT2D eigenvalue weighted by Crippen LogP contribution is 2.26. The van der Waals surface area contributed by atoms with E-state index in [1.165, 1.54) is 57.8 Å². The van der Waals surface area contributed by atoms with Crippen molar-refractivity contribution in [3.63, 3.8) is 0 Å². The van der Waals surface area contributed by atoms with Crippen molar-refractivity contribution in [1.82, 2.24) is 0 Å². The summed E-state index contributed by atoms with van der Waals surface area (Å²) in [7, 11) is 0. The largest absolute Gasteiger partial charge is 0.396 e. The van der Waals surface area contributed by atoms with Crippen molar-refractivity contribution in [2.24, 2.45) is 5.92 Å². The summed E-state index contributed by atoms with van der Waals surface area (Å²) in [5.74, 6) is 1.01. The molecule has 1 nitrogen and oxygen atoms in total. The Kier molecular flexibility index (Phi) is 6.26. The monoisotopic (exact) mass is 184 g/mol. The summed E-state index contributed by atoms with van der Waals surface area (Å²) in [6, 6.07) is 0. The van der Waals surface area contributed by atoms with Gasteiger partial charge in [0, 0.05) is 6.61 Å². The predicted octanol–water partition coefficient (Wildman–Crippen LogP) is 3.51. The summed E-state index contributed by atoms with van der Waals surface area (Å²) < 4.78 is 0. The molecule has 1 aliphatic rings. The maximum atomic E-state index is 8.65. The molecule has 1 fully saturated rings. The molecule has 1 heteroatoms. The van der Waals surface area contributed by atoms with Crippen LogP contribution in [0.5, 0.6) is 0 Å². The van der Waals surface area contributed by atoms with Crippen LogP contribution in [0, 0.1) is 5.92 Å². The van der Waals surface area contributed by atoms with Crippen molar-refractivity contribution in [1.29, 1.82) is 0 Å². The molecule has 13 heavy (non-hydrogen) atoms. The molecule has 0 spiro atoms. The normalized spacial score (nSPS) is 20.1. The molecule has 0 bridgehead atoms. The first kappa shape index (κ1) is 11.0. The fourth-order valence-corrected chi connectivity index (χ4v) is 2.37. The third-order valence-corrected chi connectivity index (χ3v) is 3.25. The maximum absolute atomic E-state index is 8.65. The highest BCUT2D eigenvalue weighted by Gasteiger charge is 2.11. The lowest BCUT2D eigenvalue weighted by atomic mass is 9.94. The molecule has 0 aromatic heterocycles. The topological polar surface area (TPSA) is 20.2 Å². The van der Waals surface area contributed by atoms with Crippen molar-refractivity contribution < 1.29 is 5.11 Å². The van der Waals surface area contributed by atoms with Gasteiger partial charge < -0.3 is 5.11 Å². The number of unbranched alkanes of at least 4 members (excludes halogenated alkanes) is 2. The Balaban J connectivity index is 1.98. The number of hydrogen-bond acceptors (Lipinski definition) is 1. The van der Waals surface area contributed by atoms with Gasteiger partial charge in [-0.15, -0.1) is 0 Å². The van der Waals surface area contributed by atoms with Gasteiger partial charge in [0.05, 0.1) is 0 Å². The molecule has 1 N–H and O–H groups in total. The second kappa shape index (κ2) is 7.37. The van der Waals surface area contributed by atoms with E-state index in [1.807, 2.05) is 0 Å². The van der Waals surface area contributed by atoms with Gasteiger partial charge in [-0.1, -0.05) is 57.8 Å². The lowest BCUT2D eigenvalue weighted by molar-refractivity contribution is 0.279. The third kappa shape index (κ3) is 5.30. The van der Waals surface area contributed by atoms with Crippen molar-refractivity contribution in [3.05, 3.63) is 0 Å². The Labute approximate surface area is 82.5 Å². The van der Waals surface area contributed by atoms with Crippen molar-refractivity contribution in [2.45, 2.75) is 64.2 Å². The molecule has 1 saturated carbocycles. The van der Waals surface area contributed by atoms with Gasteiger partial charge in [0.2, 0.25) is 0 Å². The van der Waals surface area contributed by atoms with E-state index in [9.17, 15) is 0 Å². The zero-order valence-electron chi connectivity index (χ0n) is 8.80. The fraction of sp³-hybridized carbons (Fsp3) is 1.00. The second-order valence-corrected chi connectivity index (χ2v) is 4.43. The van der Waals surface area contributed by atoms with Crippen LogP contribution < -0.4 is 0 Å². The highest BCUT2D eigenvalue weighted by molar-refractivity contribution is 4.64. The molecule has 1 aliphatic carbocycles. The first-order valence-electron chi connectivity index (χ1n) is 6.04. The fourth-order valence-electron chi connectivity index (χ4n) is 2.37. The van der Waals surface area contributed by atoms with Crippen molar-refractivity contribution >= 4 is 0 Å². The van der Waals surface area contributed by atoms with Gasteiger partial charge in [-0.05, 0) is 12.3 Å². The summed E-state index contributed by atoms with van der Waals surface area (Å²) in [5.41, 5.74) is 0. The lowest BCUT2D eigenvalue weighted by Crippen LogP contribution is -1.98. The van der Waals surface area contributed by atoms with Gasteiger partial charge in [0.25, 0.3) is 0 Å². The third-order valence-electron chi connectivity index (χ3n) is 3.25. The Morgan fingerprint density at radius 1 is 0.846 bits per heavy atom. The minimum atomic E-state index is 0.380. The number of aliphatic hydroxyl groups is 1. The van der Waals surface area contributed by atoms with Crippen LogP contribution in [-0.4, -0.2) is 11.7 Å². The van der Waals surface area contributed by atoms with Crippen LogP contribution in [0.2, 0.25) is 0 Å². The van der Waals surface area contributed by atoms with E-state index >= 15 is 0 Å². The van der Waals surface area contributed by atoms with Crippen LogP contribution in [0.4, 0.5) is 0 Å². The molecule has 0 aromatic rings. The molecule has 0 radical (unpaired) electrons. The smallest absolute Gasteiger partial charge is 0.0431 e. The van der Waals surface area contributed by atoms with E-state index in [0.717, 1.165) is 12.3 Å². The minimum absolute atomic E-state index is 0.380. The molecule has 0 atom stereocenters. The number of hydrogen-bond donors (Lipinski definition) is 1. The van der Waals surface area contributed by atoms with Gasteiger partial charge in [-0.25, -0.2) is 0 Å². The second-order valence-electron chi connectivity index (χ2n) is 4.43. The summed E-state index contributed by atoms with van der Waals surface area (Å²) in [4.78, 5) is 0. The van der Waals surface area contributed by atoms with E-state index in [2.05, 4.69) is 0 Å². The zero-order chi connectivity index (χ0) is 9.36. The maximum Gasteiger partial charge on any atom is 0.0431 e. The highest BCUT2D eigenvalue weighted by atomic mass is 16.2. The molecular weight excluding hydrogens is 160 g/mol. The molecule has 0 heterocycles. The molecule has 0 aliphatic heterocycles. The van der Waals surface area contributed by atoms with Crippen LogP contribution in [0.15, 0.2) is 0 Å². The molecule has 1 rings (SSSR count). The summed E-state index contributed by atoms with van der Waals surface area (Å²) in [6.07, 6.45) is 13.8. The SMILES string of the molecule is OCCCCCC1CCCCCC1. The minimum Gasteiger partial charge on any atom is -0.396 e. The Hall–Kier alpha value is -0.0400. The van der Waals surface area contributed by atoms with Gasteiger partial charge in [-0.2, -0.15) is 0 Å². The number of aliphatic hydroxyl groups excluding tert-OH is 1. The predicted molar refractivity (Wildman–Crippen MR) is 56.7 cm³/mol. The molecular formula is C12H24O. The van der Waals surface area contributed by atoms with Crippen LogP contribution >= 0.6 is 0 Å². The van der Waals surface area contributed by atoms with Gasteiger partial charge >= 0.3 is 0 Å². The van der Waals surface area contributed by atoms with E-state index in [-0.39, 0.29) is 0 Å². The quantitative estimate of drug-likeness (QED) is 0.512. The molecule has 0 amide bonds. The van der Waals surface area contributed by atoms with Crippen molar-refractivity contribution in [2.75, 3.05) is 6.61 Å². The zero-order valence-corrected chi connectivity index (χ0v) is 8.80. The van der Waals surface area contributed by atoms with E-state index in [0.29, 0.717) is 6.61 Å². The Bertz CT molecular complexity index is 104. The van der Waals surface area contributed by atoms with E-state index in [1.54, 1.807) is 0 Å². The van der Waals surface area contributed by atoms with Crippen LogP contribution in [-0.2, 0) is 0 Å². The first-order chi connectivity index (χ1) is 6.43. The van der Waals surface area contributed by atoms with Gasteiger partial charge in [0.1, 0.15) is 0 Å². The summed E-state index contributed by atoms with van der Waals surface area (Å²) in [6.45, 7) is 0.380. The van der Waals surface area contributed by atoms with Crippen LogP contribution in [0.1, 0.15) is 64.2 Å². The molecule has 0 aromatic carbocycles. The van der Waals surface area contributed by atoms with E-state index in [4.69, 9.17) is 5.11 Å². The van der Waals surface area contributed by atoms with E-state index < -0.39 is 0 Å². The lowest BCUT2D eigenvalue weighted by Gasteiger charge is -2.12. The summed E-state index contributed by atoms with van der Waals surface area (Å²) in [5, 5.41) is 8.65. The first-order valence-corrected chi connectivity index (χ1v) is 6.04. The van der Waals surface area contributed by atoms with Crippen LogP contribution in [0.3, 0.4) is 0 Å². The Morgan fingerprint density at radius 2 is 1.54 bits per heavy atom. The average molecular weight is 184 g/mol. The average Bonchev–Trinajstić information content (AvgIpc) is 2.41. The molecule has 0 saturated heterocycles. The number of rotatable bonds is 5. The van der Waals surface area contributed by atoms with Crippen LogP contribution in [0.25, 0.3) is 0 Å². The van der Waals surface area contributed by atoms with Gasteiger partial charge in [0.15, 0.2) is 0 Å². The van der Waals surface area contributed by atoms with Crippen molar-refractivity contribution in [3.8, 4) is 0 Å².